The van der Waals surface area contributed by atoms with Crippen LogP contribution in [0.5, 0.6) is 5.75 Å². The van der Waals surface area contributed by atoms with Crippen molar-refractivity contribution in [2.75, 3.05) is 0 Å². The number of aryl methyl sites for hydroxylation is 2. The van der Waals surface area contributed by atoms with Crippen LogP contribution < -0.4 is 0 Å². The molecule has 0 saturated heterocycles. The molecular weight excluding hydrogens is 467 g/mol. The summed E-state index contributed by atoms with van der Waals surface area (Å²) in [5.41, 5.74) is 8.60. The zero-order valence-electron chi connectivity index (χ0n) is 16.6. The smallest absolute Gasteiger partial charge is 0.129 e. The lowest BCUT2D eigenvalue weighted by molar-refractivity contribution is 0.472. The minimum absolute atomic E-state index is 0.187. The van der Waals surface area contributed by atoms with E-state index in [2.05, 4.69) is 115 Å². The summed E-state index contributed by atoms with van der Waals surface area (Å²) < 4.78 is 0.895. The Morgan fingerprint density at radius 3 is 1.69 bits per heavy atom. The highest BCUT2D eigenvalue weighted by atomic mass is 127. The Bertz CT molecular complexity index is 1070. The average Bonchev–Trinajstić information content (AvgIpc) is 2.72. The molecule has 1 nitrogen and oxygen atoms in total. The van der Waals surface area contributed by atoms with Gasteiger partial charge >= 0.3 is 0 Å². The summed E-state index contributed by atoms with van der Waals surface area (Å²) in [4.78, 5) is 0. The molecule has 4 rings (SSSR count). The zero-order chi connectivity index (χ0) is 20.4. The molecule has 144 valence electrons. The summed E-state index contributed by atoms with van der Waals surface area (Å²) in [7, 11) is 0. The number of phenolic OH excluding ortho intramolecular Hbond substituents is 1. The molecule has 0 saturated carbocycles. The van der Waals surface area contributed by atoms with Crippen LogP contribution in [-0.2, 0) is 0 Å². The lowest BCUT2D eigenvalue weighted by atomic mass is 9.82. The van der Waals surface area contributed by atoms with Gasteiger partial charge in [0, 0.05) is 5.92 Å². The Morgan fingerprint density at radius 1 is 0.655 bits per heavy atom. The summed E-state index contributed by atoms with van der Waals surface area (Å²) in [5, 5.41) is 10.2. The van der Waals surface area contributed by atoms with Crippen LogP contribution in [0.2, 0.25) is 0 Å². The molecule has 4 aromatic rings. The first-order valence-electron chi connectivity index (χ1n) is 9.75. The highest BCUT2D eigenvalue weighted by molar-refractivity contribution is 14.1. The van der Waals surface area contributed by atoms with Crippen LogP contribution in [0.3, 0.4) is 0 Å². The molecule has 0 atom stereocenters. The molecular formula is C27H23IO. The fourth-order valence-corrected chi connectivity index (χ4v) is 4.80. The number of hydrogen-bond acceptors (Lipinski definition) is 1. The van der Waals surface area contributed by atoms with E-state index in [4.69, 9.17) is 0 Å². The molecule has 0 aromatic heterocycles. The predicted molar refractivity (Wildman–Crippen MR) is 130 cm³/mol. The van der Waals surface area contributed by atoms with Crippen molar-refractivity contribution >= 4 is 22.6 Å². The van der Waals surface area contributed by atoms with Gasteiger partial charge in [-0.2, -0.15) is 0 Å². The van der Waals surface area contributed by atoms with E-state index in [1.807, 2.05) is 6.07 Å². The van der Waals surface area contributed by atoms with Crippen LogP contribution in [0.25, 0.3) is 11.1 Å². The Labute approximate surface area is 186 Å². The van der Waals surface area contributed by atoms with Crippen LogP contribution in [0.1, 0.15) is 33.7 Å². The van der Waals surface area contributed by atoms with Gasteiger partial charge in [-0.3, -0.25) is 0 Å². The molecule has 2 heteroatoms. The van der Waals surface area contributed by atoms with Crippen molar-refractivity contribution in [1.29, 1.82) is 0 Å². The van der Waals surface area contributed by atoms with E-state index >= 15 is 0 Å². The molecule has 0 aliphatic heterocycles. The summed E-state index contributed by atoms with van der Waals surface area (Å²) in [6.45, 7) is 4.33. The number of aromatic hydroxyl groups is 1. The van der Waals surface area contributed by atoms with Crippen molar-refractivity contribution in [3.63, 3.8) is 0 Å². The van der Waals surface area contributed by atoms with E-state index in [0.717, 1.165) is 9.13 Å². The third kappa shape index (κ3) is 3.95. The van der Waals surface area contributed by atoms with Crippen LogP contribution in [-0.4, -0.2) is 5.11 Å². The number of rotatable bonds is 4. The first-order chi connectivity index (χ1) is 14.1. The zero-order valence-corrected chi connectivity index (χ0v) is 18.7. The molecule has 0 aliphatic carbocycles. The quantitative estimate of drug-likeness (QED) is 0.233. The summed E-state index contributed by atoms with van der Waals surface area (Å²) >= 11 is 2.23. The number of hydrogen-bond donors (Lipinski definition) is 1. The topological polar surface area (TPSA) is 20.2 Å². The van der Waals surface area contributed by atoms with Gasteiger partial charge in [-0.25, -0.2) is 0 Å². The first kappa shape index (κ1) is 19.7. The largest absolute Gasteiger partial charge is 0.507 e. The maximum absolute atomic E-state index is 10.2. The van der Waals surface area contributed by atoms with Gasteiger partial charge in [-0.1, -0.05) is 84.9 Å². The minimum atomic E-state index is 0.187. The summed E-state index contributed by atoms with van der Waals surface area (Å²) in [6.07, 6.45) is 0. The van der Waals surface area contributed by atoms with Crippen molar-refractivity contribution in [2.45, 2.75) is 19.8 Å². The van der Waals surface area contributed by atoms with Crippen LogP contribution in [0, 0.1) is 17.4 Å². The maximum atomic E-state index is 10.2. The van der Waals surface area contributed by atoms with Crippen molar-refractivity contribution in [1.82, 2.24) is 0 Å². The molecule has 0 bridgehead atoms. The van der Waals surface area contributed by atoms with Crippen molar-refractivity contribution < 1.29 is 5.11 Å². The highest BCUT2D eigenvalue weighted by Gasteiger charge is 2.20. The van der Waals surface area contributed by atoms with Gasteiger partial charge in [-0.05, 0) is 81.4 Å². The van der Waals surface area contributed by atoms with E-state index in [0.29, 0.717) is 5.75 Å². The predicted octanol–water partition coefficient (Wildman–Crippen LogP) is 7.46. The molecule has 0 heterocycles. The second kappa shape index (κ2) is 8.42. The van der Waals surface area contributed by atoms with Crippen molar-refractivity contribution in [3.05, 3.63) is 122 Å². The Kier molecular flexibility index (Phi) is 5.72. The highest BCUT2D eigenvalue weighted by Crippen LogP contribution is 2.39. The monoisotopic (exact) mass is 490 g/mol. The molecule has 0 spiro atoms. The number of benzene rings is 4. The van der Waals surface area contributed by atoms with Crippen molar-refractivity contribution in [3.8, 4) is 16.9 Å². The first-order valence-corrected chi connectivity index (χ1v) is 10.8. The second-order valence-electron chi connectivity index (χ2n) is 7.42. The summed E-state index contributed by atoms with van der Waals surface area (Å²) in [6, 6.07) is 31.7. The van der Waals surface area contributed by atoms with Crippen LogP contribution >= 0.6 is 22.6 Å². The lowest BCUT2D eigenvalue weighted by Crippen LogP contribution is -2.05. The molecule has 0 unspecified atom stereocenters. The van der Waals surface area contributed by atoms with Gasteiger partial charge in [0.2, 0.25) is 0 Å². The normalized spacial score (nSPS) is 11.0. The Balaban J connectivity index is 1.89. The molecule has 1 N–H and O–H groups in total. The standard InChI is InChI=1S/C27H23IO/c1-18-16-22(17-19(2)25(18)23-14-9-15-24(29)27(23)28)26(20-10-5-3-6-11-20)21-12-7-4-8-13-21/h3-17,26,29H,1-2H3. The van der Waals surface area contributed by atoms with E-state index in [1.54, 1.807) is 6.07 Å². The Morgan fingerprint density at radius 2 is 1.17 bits per heavy atom. The number of halogens is 1. The van der Waals surface area contributed by atoms with E-state index in [-0.39, 0.29) is 5.92 Å². The lowest BCUT2D eigenvalue weighted by Gasteiger charge is -2.22. The molecule has 4 aromatic carbocycles. The van der Waals surface area contributed by atoms with Gasteiger partial charge in [0.1, 0.15) is 5.75 Å². The van der Waals surface area contributed by atoms with Crippen LogP contribution in [0.4, 0.5) is 0 Å². The van der Waals surface area contributed by atoms with Gasteiger partial charge in [-0.15, -0.1) is 0 Å². The van der Waals surface area contributed by atoms with Gasteiger partial charge in [0.25, 0.3) is 0 Å². The molecule has 0 radical (unpaired) electrons. The molecule has 0 aliphatic rings. The number of phenols is 1. The molecule has 29 heavy (non-hydrogen) atoms. The van der Waals surface area contributed by atoms with Crippen LogP contribution in [0.15, 0.2) is 91.0 Å². The fraction of sp³-hybridized carbons (Fsp3) is 0.111. The van der Waals surface area contributed by atoms with E-state index in [1.165, 1.54) is 33.4 Å². The Hall–Kier alpha value is -2.59. The average molecular weight is 490 g/mol. The minimum Gasteiger partial charge on any atom is -0.507 e. The van der Waals surface area contributed by atoms with E-state index in [9.17, 15) is 5.11 Å². The van der Waals surface area contributed by atoms with E-state index < -0.39 is 0 Å². The van der Waals surface area contributed by atoms with Gasteiger partial charge in [0.15, 0.2) is 0 Å². The maximum Gasteiger partial charge on any atom is 0.129 e. The fourth-order valence-electron chi connectivity index (χ4n) is 4.17. The third-order valence-corrected chi connectivity index (χ3v) is 6.54. The second-order valence-corrected chi connectivity index (χ2v) is 8.50. The SMILES string of the molecule is Cc1cc(C(c2ccccc2)c2ccccc2)cc(C)c1-c1cccc(O)c1I. The molecule has 0 amide bonds. The third-order valence-electron chi connectivity index (χ3n) is 5.40. The summed E-state index contributed by atoms with van der Waals surface area (Å²) in [5.74, 6) is 0.518. The molecule has 0 fully saturated rings. The van der Waals surface area contributed by atoms with Gasteiger partial charge < -0.3 is 5.11 Å². The van der Waals surface area contributed by atoms with Crippen molar-refractivity contribution in [2.24, 2.45) is 0 Å². The van der Waals surface area contributed by atoms with Gasteiger partial charge in [0.05, 0.1) is 3.57 Å².